The van der Waals surface area contributed by atoms with E-state index in [2.05, 4.69) is 22.8 Å². The topological polar surface area (TPSA) is 80.6 Å². The summed E-state index contributed by atoms with van der Waals surface area (Å²) in [6.45, 7) is 0.464. The highest BCUT2D eigenvalue weighted by atomic mass is 16.5. The van der Waals surface area contributed by atoms with Crippen LogP contribution >= 0.6 is 0 Å². The number of amides is 2. The number of methoxy groups -OCH3 is 1. The molecule has 6 heteroatoms. The van der Waals surface area contributed by atoms with Crippen LogP contribution in [0.5, 0.6) is 0 Å². The minimum atomic E-state index is -0.687. The van der Waals surface area contributed by atoms with Crippen LogP contribution in [0, 0.1) is 0 Å². The van der Waals surface area contributed by atoms with E-state index in [1.54, 1.807) is 19.2 Å². The van der Waals surface area contributed by atoms with Crippen LogP contribution in [0.3, 0.4) is 0 Å². The predicted molar refractivity (Wildman–Crippen MR) is 87.2 cm³/mol. The molecule has 0 spiro atoms. The van der Waals surface area contributed by atoms with Gasteiger partial charge in [-0.3, -0.25) is 9.59 Å². The van der Waals surface area contributed by atoms with Gasteiger partial charge in [-0.05, 0) is 23.3 Å². The van der Waals surface area contributed by atoms with Crippen LogP contribution < -0.4 is 10.6 Å². The molecule has 0 fully saturated rings. The fourth-order valence-corrected chi connectivity index (χ4v) is 2.98. The van der Waals surface area contributed by atoms with Gasteiger partial charge in [-0.25, -0.2) is 0 Å². The molecule has 1 aliphatic carbocycles. The van der Waals surface area contributed by atoms with Crippen LogP contribution in [0.4, 0.5) is 0 Å². The predicted octanol–water partition coefficient (Wildman–Crippen LogP) is 1.20. The molecule has 1 aromatic carbocycles. The van der Waals surface area contributed by atoms with Gasteiger partial charge in [0.25, 0.3) is 0 Å². The van der Waals surface area contributed by atoms with Crippen molar-refractivity contribution in [2.45, 2.75) is 25.0 Å². The Kier molecular flexibility index (Phi) is 4.66. The molecule has 0 atom stereocenters. The molecule has 6 nitrogen and oxygen atoms in total. The summed E-state index contributed by atoms with van der Waals surface area (Å²) >= 11 is 0. The van der Waals surface area contributed by atoms with Crippen molar-refractivity contribution in [1.29, 1.82) is 0 Å². The number of rotatable bonds is 5. The zero-order chi connectivity index (χ0) is 17.0. The van der Waals surface area contributed by atoms with E-state index in [0.29, 0.717) is 18.6 Å². The van der Waals surface area contributed by atoms with Crippen molar-refractivity contribution >= 4 is 11.8 Å². The number of hydrogen-bond acceptors (Lipinski definition) is 4. The Hall–Kier alpha value is -2.60. The number of fused-ring (bicyclic) bond motifs is 1. The van der Waals surface area contributed by atoms with E-state index in [0.717, 1.165) is 0 Å². The van der Waals surface area contributed by atoms with E-state index in [4.69, 9.17) is 9.15 Å². The summed E-state index contributed by atoms with van der Waals surface area (Å²) in [5, 5.41) is 5.20. The molecule has 0 saturated heterocycles. The normalized spacial score (nSPS) is 14.9. The highest BCUT2D eigenvalue weighted by Gasteiger charge is 2.37. The summed E-state index contributed by atoms with van der Waals surface area (Å²) in [6.07, 6.45) is 2.95. The molecule has 0 radical (unpaired) electrons. The zero-order valence-electron chi connectivity index (χ0n) is 13.5. The molecule has 2 N–H and O–H groups in total. The van der Waals surface area contributed by atoms with E-state index in [9.17, 15) is 9.59 Å². The van der Waals surface area contributed by atoms with Crippen molar-refractivity contribution in [3.63, 3.8) is 0 Å². The van der Waals surface area contributed by atoms with Gasteiger partial charge in [0.15, 0.2) is 0 Å². The van der Waals surface area contributed by atoms with Crippen LogP contribution in [-0.2, 0) is 33.7 Å². The van der Waals surface area contributed by atoms with Gasteiger partial charge in [0, 0.05) is 26.5 Å². The van der Waals surface area contributed by atoms with Crippen molar-refractivity contribution < 1.29 is 18.7 Å². The molecule has 1 aliphatic rings. The van der Waals surface area contributed by atoms with Crippen LogP contribution in [0.25, 0.3) is 0 Å². The maximum Gasteiger partial charge on any atom is 0.309 e. The average Bonchev–Trinajstić information content (AvgIpc) is 3.24. The standard InChI is InChI=1S/C18H20N2O4/c1-23-18(9-13-5-2-3-6-14(13)10-18)12-20-17(22)16(21)19-11-15-7-4-8-24-15/h2-8H,9-12H2,1H3,(H,19,21)(H,20,22). The van der Waals surface area contributed by atoms with E-state index in [1.165, 1.54) is 17.4 Å². The fourth-order valence-electron chi connectivity index (χ4n) is 2.98. The molecular weight excluding hydrogens is 308 g/mol. The van der Waals surface area contributed by atoms with Crippen LogP contribution in [0.15, 0.2) is 47.1 Å². The Bertz CT molecular complexity index is 699. The number of ether oxygens (including phenoxy) is 1. The Morgan fingerprint density at radius 2 is 1.75 bits per heavy atom. The molecule has 2 aromatic rings. The Morgan fingerprint density at radius 3 is 2.33 bits per heavy atom. The number of furan rings is 1. The van der Waals surface area contributed by atoms with Gasteiger partial charge < -0.3 is 19.8 Å². The highest BCUT2D eigenvalue weighted by molar-refractivity contribution is 6.35. The molecule has 1 aromatic heterocycles. The Morgan fingerprint density at radius 1 is 1.08 bits per heavy atom. The van der Waals surface area contributed by atoms with Crippen molar-refractivity contribution in [3.8, 4) is 0 Å². The fraction of sp³-hybridized carbons (Fsp3) is 0.333. The van der Waals surface area contributed by atoms with Crippen LogP contribution in [-0.4, -0.2) is 31.1 Å². The number of carbonyl (C=O) groups is 2. The molecule has 0 saturated carbocycles. The molecule has 1 heterocycles. The number of carbonyl (C=O) groups excluding carboxylic acids is 2. The van der Waals surface area contributed by atoms with Gasteiger partial charge in [0.1, 0.15) is 5.76 Å². The summed E-state index contributed by atoms with van der Waals surface area (Å²) in [7, 11) is 1.63. The van der Waals surface area contributed by atoms with Crippen molar-refractivity contribution in [2.24, 2.45) is 0 Å². The Balaban J connectivity index is 1.52. The van der Waals surface area contributed by atoms with Crippen LogP contribution in [0.2, 0.25) is 0 Å². The minimum Gasteiger partial charge on any atom is -0.467 e. The van der Waals surface area contributed by atoms with Gasteiger partial charge in [-0.15, -0.1) is 0 Å². The average molecular weight is 328 g/mol. The minimum absolute atomic E-state index is 0.181. The zero-order valence-corrected chi connectivity index (χ0v) is 13.5. The van der Waals surface area contributed by atoms with Crippen molar-refractivity contribution in [2.75, 3.05) is 13.7 Å². The Labute approximate surface area is 140 Å². The lowest BCUT2D eigenvalue weighted by Crippen LogP contribution is -2.49. The molecule has 126 valence electrons. The van der Waals surface area contributed by atoms with E-state index in [1.807, 2.05) is 12.1 Å². The third kappa shape index (κ3) is 3.49. The molecule has 24 heavy (non-hydrogen) atoms. The molecule has 0 bridgehead atoms. The van der Waals surface area contributed by atoms with Gasteiger partial charge in [-0.1, -0.05) is 24.3 Å². The number of hydrogen-bond donors (Lipinski definition) is 2. The van der Waals surface area contributed by atoms with Gasteiger partial charge in [-0.2, -0.15) is 0 Å². The van der Waals surface area contributed by atoms with E-state index in [-0.39, 0.29) is 13.1 Å². The molecule has 0 unspecified atom stereocenters. The second-order valence-electron chi connectivity index (χ2n) is 5.95. The first-order valence-electron chi connectivity index (χ1n) is 7.82. The third-order valence-electron chi connectivity index (χ3n) is 4.36. The highest BCUT2D eigenvalue weighted by Crippen LogP contribution is 2.31. The van der Waals surface area contributed by atoms with Gasteiger partial charge >= 0.3 is 11.8 Å². The monoisotopic (exact) mass is 328 g/mol. The van der Waals surface area contributed by atoms with Gasteiger partial charge in [0.2, 0.25) is 0 Å². The molecule has 3 rings (SSSR count). The number of benzene rings is 1. The SMILES string of the molecule is COC1(CNC(=O)C(=O)NCc2ccco2)Cc2ccccc2C1. The van der Waals surface area contributed by atoms with Crippen LogP contribution in [0.1, 0.15) is 16.9 Å². The molecular formula is C18H20N2O4. The lowest BCUT2D eigenvalue weighted by molar-refractivity contribution is -0.140. The third-order valence-corrected chi connectivity index (χ3v) is 4.36. The lowest BCUT2D eigenvalue weighted by atomic mass is 10.00. The molecule has 0 aliphatic heterocycles. The first-order valence-corrected chi connectivity index (χ1v) is 7.82. The summed E-state index contributed by atoms with van der Waals surface area (Å²) < 4.78 is 10.8. The molecule has 2 amide bonds. The second-order valence-corrected chi connectivity index (χ2v) is 5.95. The quantitative estimate of drug-likeness (QED) is 0.808. The maximum atomic E-state index is 12.0. The van der Waals surface area contributed by atoms with Crippen molar-refractivity contribution in [1.82, 2.24) is 10.6 Å². The first kappa shape index (κ1) is 16.3. The maximum absolute atomic E-state index is 12.0. The van der Waals surface area contributed by atoms with Crippen molar-refractivity contribution in [3.05, 3.63) is 59.5 Å². The number of nitrogens with one attached hydrogen (secondary N) is 2. The smallest absolute Gasteiger partial charge is 0.309 e. The lowest BCUT2D eigenvalue weighted by Gasteiger charge is -2.27. The largest absolute Gasteiger partial charge is 0.467 e. The summed E-state index contributed by atoms with van der Waals surface area (Å²) in [6, 6.07) is 11.6. The van der Waals surface area contributed by atoms with Gasteiger partial charge in [0.05, 0.1) is 18.4 Å². The van der Waals surface area contributed by atoms with E-state index < -0.39 is 17.4 Å². The van der Waals surface area contributed by atoms with E-state index >= 15 is 0 Å². The first-order chi connectivity index (χ1) is 11.6. The summed E-state index contributed by atoms with van der Waals surface area (Å²) in [4.78, 5) is 23.8. The second kappa shape index (κ2) is 6.88. The summed E-state index contributed by atoms with van der Waals surface area (Å²) in [5.74, 6) is -0.766. The summed E-state index contributed by atoms with van der Waals surface area (Å²) in [5.41, 5.74) is 1.94.